The first-order chi connectivity index (χ1) is 8.62. The molecule has 0 spiro atoms. The third kappa shape index (κ3) is 4.28. The standard InChI is InChI=1S/C14H21BrN2O2/c1-8(2)12(18)11-9(6-7-10(15)17-11)16-13(19)14(3,4)5/h6-8,12,18H,1-5H3,(H,16,19). The molecule has 0 aliphatic rings. The lowest BCUT2D eigenvalue weighted by Gasteiger charge is -2.22. The molecule has 5 heteroatoms. The number of halogens is 1. The highest BCUT2D eigenvalue weighted by atomic mass is 79.9. The van der Waals surface area contributed by atoms with Crippen LogP contribution in [0.3, 0.4) is 0 Å². The maximum atomic E-state index is 12.0. The van der Waals surface area contributed by atoms with Crippen LogP contribution in [0.15, 0.2) is 16.7 Å². The van der Waals surface area contributed by atoms with Gasteiger partial charge in [0, 0.05) is 5.41 Å². The highest BCUT2D eigenvalue weighted by Gasteiger charge is 2.24. The molecule has 1 amide bonds. The van der Waals surface area contributed by atoms with Crippen LogP contribution >= 0.6 is 15.9 Å². The van der Waals surface area contributed by atoms with Crippen molar-refractivity contribution >= 4 is 27.5 Å². The lowest BCUT2D eigenvalue weighted by atomic mass is 9.95. The van der Waals surface area contributed by atoms with Crippen LogP contribution in [-0.2, 0) is 4.79 Å². The second-order valence-electron chi connectivity index (χ2n) is 5.96. The second kappa shape index (κ2) is 6.01. The summed E-state index contributed by atoms with van der Waals surface area (Å²) in [5.41, 5.74) is 0.555. The number of aromatic nitrogens is 1. The van der Waals surface area contributed by atoms with Crippen LogP contribution in [0.4, 0.5) is 5.69 Å². The number of rotatable bonds is 3. The van der Waals surface area contributed by atoms with E-state index in [1.165, 1.54) is 0 Å². The Morgan fingerprint density at radius 1 is 1.37 bits per heavy atom. The average Bonchev–Trinajstić information content (AvgIpc) is 2.29. The molecule has 0 aliphatic heterocycles. The van der Waals surface area contributed by atoms with Crippen LogP contribution in [-0.4, -0.2) is 16.0 Å². The van der Waals surface area contributed by atoms with Gasteiger partial charge in [-0.05, 0) is 34.0 Å². The number of hydrogen-bond donors (Lipinski definition) is 2. The van der Waals surface area contributed by atoms with Gasteiger partial charge in [0.05, 0.1) is 11.4 Å². The van der Waals surface area contributed by atoms with Crippen molar-refractivity contribution in [1.82, 2.24) is 4.98 Å². The van der Waals surface area contributed by atoms with Crippen molar-refractivity contribution in [3.8, 4) is 0 Å². The SMILES string of the molecule is CC(C)C(O)c1nc(Br)ccc1NC(=O)C(C)(C)C. The zero-order valence-corrected chi connectivity index (χ0v) is 13.6. The number of pyridine rings is 1. The van der Waals surface area contributed by atoms with E-state index in [1.54, 1.807) is 12.1 Å². The van der Waals surface area contributed by atoms with Gasteiger partial charge in [-0.25, -0.2) is 4.98 Å². The van der Waals surface area contributed by atoms with E-state index >= 15 is 0 Å². The summed E-state index contributed by atoms with van der Waals surface area (Å²) in [5, 5.41) is 13.0. The van der Waals surface area contributed by atoms with E-state index in [9.17, 15) is 9.90 Å². The average molecular weight is 329 g/mol. The van der Waals surface area contributed by atoms with Gasteiger partial charge >= 0.3 is 0 Å². The van der Waals surface area contributed by atoms with Gasteiger partial charge in [0.2, 0.25) is 5.91 Å². The van der Waals surface area contributed by atoms with E-state index in [0.29, 0.717) is 16.0 Å². The molecule has 0 aliphatic carbocycles. The molecule has 0 bridgehead atoms. The fourth-order valence-corrected chi connectivity index (χ4v) is 1.73. The van der Waals surface area contributed by atoms with Gasteiger partial charge in [-0.15, -0.1) is 0 Å². The van der Waals surface area contributed by atoms with Gasteiger partial charge in [-0.2, -0.15) is 0 Å². The number of aliphatic hydroxyl groups excluding tert-OH is 1. The van der Waals surface area contributed by atoms with Gasteiger partial charge < -0.3 is 10.4 Å². The Kier molecular flexibility index (Phi) is 5.10. The molecule has 1 atom stereocenters. The molecule has 1 unspecified atom stereocenters. The van der Waals surface area contributed by atoms with Crippen LogP contribution < -0.4 is 5.32 Å². The van der Waals surface area contributed by atoms with Gasteiger partial charge in [0.15, 0.2) is 0 Å². The van der Waals surface area contributed by atoms with Gasteiger partial charge in [-0.1, -0.05) is 34.6 Å². The summed E-state index contributed by atoms with van der Waals surface area (Å²) < 4.78 is 0.635. The number of anilines is 1. The lowest BCUT2D eigenvalue weighted by molar-refractivity contribution is -0.123. The Balaban J connectivity index is 3.11. The number of carbonyl (C=O) groups is 1. The molecule has 1 aromatic rings. The molecule has 1 heterocycles. The molecule has 2 N–H and O–H groups in total. The Morgan fingerprint density at radius 2 is 1.95 bits per heavy atom. The number of nitrogens with zero attached hydrogens (tertiary/aromatic N) is 1. The van der Waals surface area contributed by atoms with Crippen molar-refractivity contribution < 1.29 is 9.90 Å². The van der Waals surface area contributed by atoms with Crippen molar-refractivity contribution in [1.29, 1.82) is 0 Å². The maximum Gasteiger partial charge on any atom is 0.229 e. The first-order valence-electron chi connectivity index (χ1n) is 6.29. The second-order valence-corrected chi connectivity index (χ2v) is 6.77. The molecule has 4 nitrogen and oxygen atoms in total. The Bertz CT molecular complexity index is 467. The minimum absolute atomic E-state index is 0.0205. The van der Waals surface area contributed by atoms with E-state index in [2.05, 4.69) is 26.2 Å². The fraction of sp³-hybridized carbons (Fsp3) is 0.571. The van der Waals surface area contributed by atoms with Crippen LogP contribution in [0.5, 0.6) is 0 Å². The van der Waals surface area contributed by atoms with Gasteiger partial charge in [0.25, 0.3) is 0 Å². The van der Waals surface area contributed by atoms with E-state index in [-0.39, 0.29) is 11.8 Å². The number of nitrogens with one attached hydrogen (secondary N) is 1. The summed E-state index contributed by atoms with van der Waals surface area (Å²) in [6.07, 6.45) is -0.715. The van der Waals surface area contributed by atoms with Gasteiger partial charge in [-0.3, -0.25) is 4.79 Å². The first kappa shape index (κ1) is 16.1. The number of aliphatic hydroxyl groups is 1. The summed E-state index contributed by atoms with van der Waals surface area (Å²) in [7, 11) is 0. The van der Waals surface area contributed by atoms with Crippen molar-refractivity contribution in [2.45, 2.75) is 40.7 Å². The van der Waals surface area contributed by atoms with Crippen LogP contribution in [0.1, 0.15) is 46.4 Å². The zero-order valence-electron chi connectivity index (χ0n) is 12.0. The monoisotopic (exact) mass is 328 g/mol. The molecular weight excluding hydrogens is 308 g/mol. The van der Waals surface area contributed by atoms with Crippen molar-refractivity contribution in [2.75, 3.05) is 5.32 Å². The highest BCUT2D eigenvalue weighted by molar-refractivity contribution is 9.10. The number of carbonyl (C=O) groups excluding carboxylic acids is 1. The highest BCUT2D eigenvalue weighted by Crippen LogP contribution is 2.29. The summed E-state index contributed by atoms with van der Waals surface area (Å²) in [4.78, 5) is 16.3. The Morgan fingerprint density at radius 3 is 2.42 bits per heavy atom. The predicted molar refractivity (Wildman–Crippen MR) is 79.8 cm³/mol. The van der Waals surface area contributed by atoms with E-state index in [1.807, 2.05) is 34.6 Å². The fourth-order valence-electron chi connectivity index (χ4n) is 1.41. The van der Waals surface area contributed by atoms with Crippen molar-refractivity contribution in [2.24, 2.45) is 11.3 Å². The summed E-state index contributed by atoms with van der Waals surface area (Å²) in [6, 6.07) is 3.50. The molecule has 1 rings (SSSR count). The smallest absolute Gasteiger partial charge is 0.229 e. The van der Waals surface area contributed by atoms with E-state index in [0.717, 1.165) is 0 Å². The first-order valence-corrected chi connectivity index (χ1v) is 7.08. The topological polar surface area (TPSA) is 62.2 Å². The predicted octanol–water partition coefficient (Wildman–Crippen LogP) is 3.52. The third-order valence-electron chi connectivity index (χ3n) is 2.73. The summed E-state index contributed by atoms with van der Waals surface area (Å²) in [5.74, 6) is -0.0825. The lowest BCUT2D eigenvalue weighted by Crippen LogP contribution is -2.28. The minimum atomic E-state index is -0.715. The molecule has 106 valence electrons. The van der Waals surface area contributed by atoms with Gasteiger partial charge in [0.1, 0.15) is 10.7 Å². The molecule has 0 saturated heterocycles. The number of amides is 1. The maximum absolute atomic E-state index is 12.0. The molecule has 19 heavy (non-hydrogen) atoms. The molecule has 0 saturated carbocycles. The van der Waals surface area contributed by atoms with Crippen molar-refractivity contribution in [3.63, 3.8) is 0 Å². The zero-order chi connectivity index (χ0) is 14.8. The van der Waals surface area contributed by atoms with E-state index in [4.69, 9.17) is 0 Å². The molecular formula is C14H21BrN2O2. The van der Waals surface area contributed by atoms with E-state index < -0.39 is 11.5 Å². The quantitative estimate of drug-likeness (QED) is 0.834. The minimum Gasteiger partial charge on any atom is -0.386 e. The summed E-state index contributed by atoms with van der Waals surface area (Å²) in [6.45, 7) is 9.33. The molecule has 0 fully saturated rings. The van der Waals surface area contributed by atoms with Crippen molar-refractivity contribution in [3.05, 3.63) is 22.4 Å². The Hall–Kier alpha value is -0.940. The largest absolute Gasteiger partial charge is 0.386 e. The Labute approximate surface area is 122 Å². The molecule has 1 aromatic heterocycles. The van der Waals surface area contributed by atoms with Crippen LogP contribution in [0.2, 0.25) is 0 Å². The third-order valence-corrected chi connectivity index (χ3v) is 3.17. The summed E-state index contributed by atoms with van der Waals surface area (Å²) >= 11 is 3.28. The molecule has 0 aromatic carbocycles. The van der Waals surface area contributed by atoms with Crippen LogP contribution in [0.25, 0.3) is 0 Å². The normalized spacial score (nSPS) is 13.5. The molecule has 0 radical (unpaired) electrons. The number of hydrogen-bond acceptors (Lipinski definition) is 3. The van der Waals surface area contributed by atoms with Crippen LogP contribution in [0, 0.1) is 11.3 Å².